The summed E-state index contributed by atoms with van der Waals surface area (Å²) in [5.74, 6) is -0.484. The lowest BCUT2D eigenvalue weighted by molar-refractivity contribution is 0.0955. The SMILES string of the molecule is CCCN1c2cc(F)c(/C=N\NC(=O)c3ccc(C)cc3Cl)cc2C(C)CC1(C)C. The molecule has 0 saturated carbocycles. The highest BCUT2D eigenvalue weighted by molar-refractivity contribution is 6.33. The lowest BCUT2D eigenvalue weighted by Gasteiger charge is -2.47. The van der Waals surface area contributed by atoms with Crippen LogP contribution >= 0.6 is 11.6 Å². The first kappa shape index (κ1) is 22.3. The second kappa shape index (κ2) is 8.76. The number of aryl methyl sites for hydroxylation is 1. The van der Waals surface area contributed by atoms with Gasteiger partial charge in [0.1, 0.15) is 5.82 Å². The van der Waals surface area contributed by atoms with Crippen molar-refractivity contribution in [3.63, 3.8) is 0 Å². The summed E-state index contributed by atoms with van der Waals surface area (Å²) in [6, 6.07) is 8.62. The summed E-state index contributed by atoms with van der Waals surface area (Å²) < 4.78 is 14.9. The average molecular weight is 430 g/mol. The third kappa shape index (κ3) is 4.51. The Hall–Kier alpha value is -2.40. The van der Waals surface area contributed by atoms with Crippen LogP contribution in [0.2, 0.25) is 5.02 Å². The van der Waals surface area contributed by atoms with Gasteiger partial charge < -0.3 is 4.90 Å². The fourth-order valence-electron chi connectivity index (χ4n) is 4.29. The summed E-state index contributed by atoms with van der Waals surface area (Å²) in [6.07, 6.45) is 3.34. The molecule has 0 saturated heterocycles. The van der Waals surface area contributed by atoms with E-state index in [1.54, 1.807) is 24.3 Å². The molecule has 1 atom stereocenters. The molecule has 1 N–H and O–H groups in total. The number of hydrazone groups is 1. The predicted molar refractivity (Wildman–Crippen MR) is 122 cm³/mol. The number of halogens is 2. The predicted octanol–water partition coefficient (Wildman–Crippen LogP) is 6.05. The Morgan fingerprint density at radius 3 is 2.77 bits per heavy atom. The number of hydrogen-bond acceptors (Lipinski definition) is 3. The van der Waals surface area contributed by atoms with Crippen molar-refractivity contribution >= 4 is 29.4 Å². The largest absolute Gasteiger partial charge is 0.366 e. The maximum atomic E-state index is 14.9. The third-order valence-electron chi connectivity index (χ3n) is 5.69. The highest BCUT2D eigenvalue weighted by Gasteiger charge is 2.36. The van der Waals surface area contributed by atoms with E-state index in [2.05, 4.69) is 43.1 Å². The van der Waals surface area contributed by atoms with E-state index >= 15 is 0 Å². The van der Waals surface area contributed by atoms with E-state index in [0.717, 1.165) is 36.2 Å². The quantitative estimate of drug-likeness (QED) is 0.464. The van der Waals surface area contributed by atoms with Crippen molar-refractivity contribution in [2.75, 3.05) is 11.4 Å². The Morgan fingerprint density at radius 1 is 1.37 bits per heavy atom. The molecule has 160 valence electrons. The average Bonchev–Trinajstić information content (AvgIpc) is 2.65. The number of amides is 1. The van der Waals surface area contributed by atoms with Gasteiger partial charge >= 0.3 is 0 Å². The van der Waals surface area contributed by atoms with E-state index in [0.29, 0.717) is 22.1 Å². The van der Waals surface area contributed by atoms with Crippen LogP contribution in [0.3, 0.4) is 0 Å². The molecule has 1 unspecified atom stereocenters. The summed E-state index contributed by atoms with van der Waals surface area (Å²) in [7, 11) is 0. The minimum atomic E-state index is -0.432. The molecule has 4 nitrogen and oxygen atoms in total. The number of nitrogens with zero attached hydrogens (tertiary/aromatic N) is 2. The summed E-state index contributed by atoms with van der Waals surface area (Å²) in [5, 5.41) is 4.32. The van der Waals surface area contributed by atoms with Gasteiger partial charge in [0.05, 0.1) is 16.8 Å². The van der Waals surface area contributed by atoms with E-state index < -0.39 is 5.91 Å². The number of hydrogen-bond donors (Lipinski definition) is 1. The molecular formula is C24H29ClFN3O. The number of carbonyl (C=O) groups excluding carboxylic acids is 1. The molecule has 0 fully saturated rings. The van der Waals surface area contributed by atoms with Gasteiger partial charge in [-0.25, -0.2) is 9.82 Å². The van der Waals surface area contributed by atoms with Gasteiger partial charge in [-0.15, -0.1) is 0 Å². The Morgan fingerprint density at radius 2 is 2.10 bits per heavy atom. The fraction of sp³-hybridized carbons (Fsp3) is 0.417. The van der Waals surface area contributed by atoms with Crippen LogP contribution in [0.5, 0.6) is 0 Å². The number of fused-ring (bicyclic) bond motifs is 1. The number of rotatable bonds is 5. The molecule has 6 heteroatoms. The van der Waals surface area contributed by atoms with Gasteiger partial charge in [0, 0.05) is 23.3 Å². The summed E-state index contributed by atoms with van der Waals surface area (Å²) in [6.45, 7) is 11.5. The van der Waals surface area contributed by atoms with Crippen LogP contribution in [0.25, 0.3) is 0 Å². The lowest BCUT2D eigenvalue weighted by atomic mass is 9.79. The van der Waals surface area contributed by atoms with Crippen molar-refractivity contribution < 1.29 is 9.18 Å². The summed E-state index contributed by atoms with van der Waals surface area (Å²) in [5.41, 5.74) is 6.12. The van der Waals surface area contributed by atoms with Gasteiger partial charge in [0.15, 0.2) is 0 Å². The molecule has 0 radical (unpaired) electrons. The molecule has 3 rings (SSSR count). The monoisotopic (exact) mass is 429 g/mol. The number of benzene rings is 2. The molecule has 1 aliphatic heterocycles. The smallest absolute Gasteiger partial charge is 0.272 e. The van der Waals surface area contributed by atoms with Crippen LogP contribution in [0.15, 0.2) is 35.4 Å². The first-order chi connectivity index (χ1) is 14.1. The number of nitrogens with one attached hydrogen (secondary N) is 1. The zero-order chi connectivity index (χ0) is 22.1. The van der Waals surface area contributed by atoms with Crippen molar-refractivity contribution in [1.29, 1.82) is 0 Å². The van der Waals surface area contributed by atoms with Crippen molar-refractivity contribution in [2.24, 2.45) is 5.10 Å². The Labute approximate surface area is 183 Å². The molecule has 1 amide bonds. The van der Waals surface area contributed by atoms with Gasteiger partial charge in [0.25, 0.3) is 5.91 Å². The summed E-state index contributed by atoms with van der Waals surface area (Å²) in [4.78, 5) is 14.6. The van der Waals surface area contributed by atoms with Crippen LogP contribution in [0.4, 0.5) is 10.1 Å². The minimum absolute atomic E-state index is 0.0221. The van der Waals surface area contributed by atoms with Crippen molar-refractivity contribution in [2.45, 2.75) is 58.9 Å². The minimum Gasteiger partial charge on any atom is -0.366 e. The zero-order valence-electron chi connectivity index (χ0n) is 18.2. The van der Waals surface area contributed by atoms with Crippen LogP contribution in [0.1, 0.15) is 73.5 Å². The van der Waals surface area contributed by atoms with Crippen molar-refractivity contribution in [3.8, 4) is 0 Å². The van der Waals surface area contributed by atoms with E-state index in [1.807, 2.05) is 13.0 Å². The van der Waals surface area contributed by atoms with Crippen LogP contribution in [0, 0.1) is 12.7 Å². The normalized spacial score (nSPS) is 17.8. The Bertz CT molecular complexity index is 987. The molecule has 0 spiro atoms. The van der Waals surface area contributed by atoms with Gasteiger partial charge in [-0.3, -0.25) is 4.79 Å². The highest BCUT2D eigenvalue weighted by atomic mass is 35.5. The molecule has 0 aliphatic carbocycles. The van der Waals surface area contributed by atoms with E-state index in [-0.39, 0.29) is 11.4 Å². The van der Waals surface area contributed by atoms with Crippen LogP contribution < -0.4 is 10.3 Å². The van der Waals surface area contributed by atoms with E-state index in [4.69, 9.17) is 11.6 Å². The first-order valence-corrected chi connectivity index (χ1v) is 10.7. The summed E-state index contributed by atoms with van der Waals surface area (Å²) >= 11 is 6.13. The van der Waals surface area contributed by atoms with Crippen LogP contribution in [-0.2, 0) is 0 Å². The standard InChI is InChI=1S/C24H29ClFN3O/c1-6-9-29-22-12-21(26)17(11-19(22)16(3)13-24(29,4)5)14-27-28-23(30)18-8-7-15(2)10-20(18)25/h7-8,10-12,14,16H,6,9,13H2,1-5H3,(H,28,30)/b27-14-. The van der Waals surface area contributed by atoms with E-state index in [1.165, 1.54) is 6.21 Å². The number of carbonyl (C=O) groups is 1. The molecule has 30 heavy (non-hydrogen) atoms. The third-order valence-corrected chi connectivity index (χ3v) is 6.00. The maximum Gasteiger partial charge on any atom is 0.272 e. The topological polar surface area (TPSA) is 44.7 Å². The molecule has 0 bridgehead atoms. The Balaban J connectivity index is 1.84. The molecule has 0 aromatic heterocycles. The lowest BCUT2D eigenvalue weighted by Crippen LogP contribution is -2.48. The van der Waals surface area contributed by atoms with E-state index in [9.17, 15) is 9.18 Å². The van der Waals surface area contributed by atoms with Crippen LogP contribution in [-0.4, -0.2) is 24.2 Å². The molecular weight excluding hydrogens is 401 g/mol. The van der Waals surface area contributed by atoms with Crippen molar-refractivity contribution in [1.82, 2.24) is 5.43 Å². The highest BCUT2D eigenvalue weighted by Crippen LogP contribution is 2.44. The molecule has 1 aliphatic rings. The van der Waals surface area contributed by atoms with Gasteiger partial charge in [-0.05, 0) is 74.9 Å². The first-order valence-electron chi connectivity index (χ1n) is 10.3. The fourth-order valence-corrected chi connectivity index (χ4v) is 4.61. The molecule has 2 aromatic carbocycles. The number of anilines is 1. The van der Waals surface area contributed by atoms with Gasteiger partial charge in [-0.2, -0.15) is 5.10 Å². The maximum absolute atomic E-state index is 14.9. The molecule has 2 aromatic rings. The zero-order valence-corrected chi connectivity index (χ0v) is 19.0. The molecule has 1 heterocycles. The van der Waals surface area contributed by atoms with Crippen molar-refractivity contribution in [3.05, 3.63) is 63.4 Å². The van der Waals surface area contributed by atoms with Gasteiger partial charge in [0.2, 0.25) is 0 Å². The van der Waals surface area contributed by atoms with Gasteiger partial charge in [-0.1, -0.05) is 31.5 Å². The Kier molecular flexibility index (Phi) is 6.51. The second-order valence-corrected chi connectivity index (χ2v) is 9.09. The second-order valence-electron chi connectivity index (χ2n) is 8.68.